The Morgan fingerprint density at radius 3 is 2.67 bits per heavy atom. The number of nitrogens with two attached hydrogens (primary N) is 1. The molecule has 1 saturated heterocycles. The average molecular weight is 458 g/mol. The first-order valence-corrected chi connectivity index (χ1v) is 11.9. The molecule has 2 aliphatic rings. The van der Waals surface area contributed by atoms with Crippen molar-refractivity contribution in [3.8, 4) is 0 Å². The highest BCUT2D eigenvalue weighted by molar-refractivity contribution is 5.93. The number of nitrogens with zero attached hydrogens (tertiary/aromatic N) is 3. The number of aryl methyl sites for hydroxylation is 1. The second kappa shape index (κ2) is 10.8. The summed E-state index contributed by atoms with van der Waals surface area (Å²) in [4.78, 5) is 42.6. The number of para-hydroxylation sites is 1. The highest BCUT2D eigenvalue weighted by Gasteiger charge is 2.54. The molecule has 2 fully saturated rings. The Labute approximate surface area is 194 Å². The van der Waals surface area contributed by atoms with E-state index in [1.54, 1.807) is 5.43 Å². The SMILES string of the molecule is CCCCC[C@H](CCC(=O)N[N+](=O)[O-])C(=O)N1CC2(CC2)C[C@@H]1C(N)=Nc1ccccc1C. The van der Waals surface area contributed by atoms with Crippen LogP contribution in [0, 0.1) is 28.4 Å². The minimum Gasteiger partial charge on any atom is -0.385 e. The summed E-state index contributed by atoms with van der Waals surface area (Å²) in [5.41, 5.74) is 10.1. The lowest BCUT2D eigenvalue weighted by atomic mass is 9.94. The topological polar surface area (TPSA) is 131 Å². The van der Waals surface area contributed by atoms with E-state index < -0.39 is 10.9 Å². The van der Waals surface area contributed by atoms with Crippen LogP contribution >= 0.6 is 0 Å². The van der Waals surface area contributed by atoms with Gasteiger partial charge in [0.05, 0.1) is 11.7 Å². The quantitative estimate of drug-likeness (QED) is 0.172. The molecule has 0 unspecified atom stereocenters. The van der Waals surface area contributed by atoms with E-state index in [2.05, 4.69) is 11.9 Å². The highest BCUT2D eigenvalue weighted by atomic mass is 16.7. The third kappa shape index (κ3) is 6.52. The third-order valence-corrected chi connectivity index (χ3v) is 6.90. The maximum absolute atomic E-state index is 13.7. The standard InChI is InChI=1S/C24H35N5O4/c1-3-4-5-9-18(11-12-21(30)27-29(32)33)23(31)28-16-24(13-14-24)15-20(28)22(25)26-19-10-7-6-8-17(19)2/h6-8,10,18,20H,3-5,9,11-16H2,1-2H3,(H2,25,26)(H,27,30)/t18-,20-/m1/s1. The molecular weight excluding hydrogens is 422 g/mol. The maximum atomic E-state index is 13.7. The van der Waals surface area contributed by atoms with Gasteiger partial charge >= 0.3 is 0 Å². The summed E-state index contributed by atoms with van der Waals surface area (Å²) < 4.78 is 0. The number of aliphatic imine (C=N–C) groups is 1. The van der Waals surface area contributed by atoms with E-state index in [1.165, 1.54) is 0 Å². The van der Waals surface area contributed by atoms with Crippen molar-refractivity contribution in [3.05, 3.63) is 39.9 Å². The number of hydrazine groups is 1. The van der Waals surface area contributed by atoms with Crippen LogP contribution in [0.2, 0.25) is 0 Å². The number of hydrogen-bond donors (Lipinski definition) is 2. The van der Waals surface area contributed by atoms with Crippen LogP contribution in [0.3, 0.4) is 0 Å². The van der Waals surface area contributed by atoms with Gasteiger partial charge < -0.3 is 10.6 Å². The molecule has 33 heavy (non-hydrogen) atoms. The minimum atomic E-state index is -0.855. The molecule has 2 amide bonds. The molecule has 1 saturated carbocycles. The molecule has 180 valence electrons. The first-order valence-electron chi connectivity index (χ1n) is 11.9. The number of benzene rings is 1. The molecule has 3 N–H and O–H groups in total. The number of nitro groups is 1. The Balaban J connectivity index is 1.77. The van der Waals surface area contributed by atoms with E-state index in [0.29, 0.717) is 18.8 Å². The van der Waals surface area contributed by atoms with Crippen LogP contribution in [0.15, 0.2) is 29.3 Å². The summed E-state index contributed by atoms with van der Waals surface area (Å²) in [5, 5.41) is 9.70. The van der Waals surface area contributed by atoms with Gasteiger partial charge in [-0.25, -0.2) is 15.1 Å². The number of amidine groups is 1. The lowest BCUT2D eigenvalue weighted by Gasteiger charge is -2.29. The number of likely N-dealkylation sites (tertiary alicyclic amines) is 1. The van der Waals surface area contributed by atoms with Gasteiger partial charge in [-0.2, -0.15) is 0 Å². The molecule has 9 heteroatoms. The van der Waals surface area contributed by atoms with E-state index in [-0.39, 0.29) is 36.1 Å². The van der Waals surface area contributed by atoms with Crippen LogP contribution < -0.4 is 11.2 Å². The molecule has 1 spiro atoms. The van der Waals surface area contributed by atoms with Gasteiger partial charge in [-0.1, -0.05) is 49.8 Å². The Kier molecular flexibility index (Phi) is 8.05. The van der Waals surface area contributed by atoms with E-state index in [1.807, 2.05) is 36.1 Å². The van der Waals surface area contributed by atoms with Crippen LogP contribution in [0.25, 0.3) is 0 Å². The van der Waals surface area contributed by atoms with E-state index in [4.69, 9.17) is 5.73 Å². The molecule has 1 aromatic rings. The minimum absolute atomic E-state index is 0.0169. The average Bonchev–Trinajstić information content (AvgIpc) is 3.41. The van der Waals surface area contributed by atoms with Crippen molar-refractivity contribution in [2.45, 2.75) is 77.7 Å². The molecule has 9 nitrogen and oxygen atoms in total. The Morgan fingerprint density at radius 2 is 2.03 bits per heavy atom. The lowest BCUT2D eigenvalue weighted by Crippen LogP contribution is -2.46. The van der Waals surface area contributed by atoms with Crippen molar-refractivity contribution in [1.29, 1.82) is 0 Å². The van der Waals surface area contributed by atoms with Gasteiger partial charge in [0.1, 0.15) is 5.84 Å². The number of unbranched alkanes of at least 4 members (excludes halogenated alkanes) is 2. The lowest BCUT2D eigenvalue weighted by molar-refractivity contribution is -0.530. The van der Waals surface area contributed by atoms with Crippen molar-refractivity contribution in [3.63, 3.8) is 0 Å². The number of hydrogen-bond acceptors (Lipinski definition) is 5. The molecule has 1 heterocycles. The van der Waals surface area contributed by atoms with Gasteiger partial charge in [0.15, 0.2) is 5.03 Å². The van der Waals surface area contributed by atoms with E-state index in [9.17, 15) is 19.7 Å². The molecular formula is C24H35N5O4. The summed E-state index contributed by atoms with van der Waals surface area (Å²) >= 11 is 0. The molecule has 1 aliphatic carbocycles. The van der Waals surface area contributed by atoms with Gasteiger partial charge in [-0.15, -0.1) is 0 Å². The molecule has 0 radical (unpaired) electrons. The molecule has 1 aromatic carbocycles. The van der Waals surface area contributed by atoms with E-state index in [0.717, 1.165) is 49.8 Å². The normalized spacial score (nSPS) is 20.0. The second-order valence-electron chi connectivity index (χ2n) is 9.53. The van der Waals surface area contributed by atoms with E-state index >= 15 is 0 Å². The summed E-state index contributed by atoms with van der Waals surface area (Å²) in [6.07, 6.45) is 6.75. The van der Waals surface area contributed by atoms with Gasteiger partial charge in [0.2, 0.25) is 5.91 Å². The number of rotatable bonds is 11. The summed E-state index contributed by atoms with van der Waals surface area (Å²) in [6, 6.07) is 7.49. The molecule has 1 aliphatic heterocycles. The summed E-state index contributed by atoms with van der Waals surface area (Å²) in [5.74, 6) is -0.612. The molecule has 0 bridgehead atoms. The van der Waals surface area contributed by atoms with Gasteiger partial charge in [-0.3, -0.25) is 9.59 Å². The third-order valence-electron chi connectivity index (χ3n) is 6.90. The molecule has 3 rings (SSSR count). The fourth-order valence-electron chi connectivity index (χ4n) is 4.72. The van der Waals surface area contributed by atoms with Gasteiger partial charge in [-0.05, 0) is 56.1 Å². The zero-order valence-corrected chi connectivity index (χ0v) is 19.6. The van der Waals surface area contributed by atoms with Crippen molar-refractivity contribution < 1.29 is 14.6 Å². The Bertz CT molecular complexity index is 912. The van der Waals surface area contributed by atoms with Crippen molar-refractivity contribution in [2.75, 3.05) is 6.54 Å². The predicted octanol–water partition coefficient (Wildman–Crippen LogP) is 3.65. The predicted molar refractivity (Wildman–Crippen MR) is 126 cm³/mol. The smallest absolute Gasteiger partial charge is 0.280 e. The van der Waals surface area contributed by atoms with Gasteiger partial charge in [0, 0.05) is 18.9 Å². The van der Waals surface area contributed by atoms with Crippen LogP contribution in [-0.2, 0) is 9.59 Å². The highest BCUT2D eigenvalue weighted by Crippen LogP contribution is 2.55. The van der Waals surface area contributed by atoms with Crippen LogP contribution in [-0.4, -0.2) is 40.2 Å². The Hall–Kier alpha value is -2.97. The maximum Gasteiger partial charge on any atom is 0.280 e. The van der Waals surface area contributed by atoms with Crippen molar-refractivity contribution >= 4 is 23.3 Å². The first-order chi connectivity index (χ1) is 15.7. The van der Waals surface area contributed by atoms with Crippen LogP contribution in [0.5, 0.6) is 0 Å². The zero-order chi connectivity index (χ0) is 24.0. The monoisotopic (exact) mass is 457 g/mol. The first kappa shape index (κ1) is 24.7. The largest absolute Gasteiger partial charge is 0.385 e. The van der Waals surface area contributed by atoms with Crippen LogP contribution in [0.1, 0.15) is 70.3 Å². The molecule has 0 aromatic heterocycles. The van der Waals surface area contributed by atoms with Crippen molar-refractivity contribution in [1.82, 2.24) is 10.3 Å². The van der Waals surface area contributed by atoms with Crippen molar-refractivity contribution in [2.24, 2.45) is 22.1 Å². The van der Waals surface area contributed by atoms with Gasteiger partial charge in [0.25, 0.3) is 5.91 Å². The summed E-state index contributed by atoms with van der Waals surface area (Å²) in [7, 11) is 0. The number of amides is 2. The number of carbonyl (C=O) groups is 2. The fraction of sp³-hybridized carbons (Fsp3) is 0.625. The Morgan fingerprint density at radius 1 is 1.30 bits per heavy atom. The second-order valence-corrected chi connectivity index (χ2v) is 9.53. The molecule has 2 atom stereocenters. The van der Waals surface area contributed by atoms with Crippen LogP contribution in [0.4, 0.5) is 5.69 Å². The number of nitrogens with one attached hydrogen (secondary N) is 1. The fourth-order valence-corrected chi connectivity index (χ4v) is 4.72. The number of carbonyl (C=O) groups excluding carboxylic acids is 2. The summed E-state index contributed by atoms with van der Waals surface area (Å²) in [6.45, 7) is 4.73. The zero-order valence-electron chi connectivity index (χ0n) is 19.6.